The van der Waals surface area contributed by atoms with Crippen molar-refractivity contribution in [2.24, 2.45) is 0 Å². The molecule has 0 rings (SSSR count). The molecule has 0 radical (unpaired) electrons. The van der Waals surface area contributed by atoms with Gasteiger partial charge in [0.25, 0.3) is 0 Å². The van der Waals surface area contributed by atoms with Crippen LogP contribution >= 0.6 is 10.5 Å². The van der Waals surface area contributed by atoms with Gasteiger partial charge in [-0.25, -0.2) is 0 Å². The van der Waals surface area contributed by atoms with E-state index in [9.17, 15) is 4.55 Å². The molecule has 0 heterocycles. The first-order chi connectivity index (χ1) is 4.68. The third-order valence-corrected chi connectivity index (χ3v) is 3.59. The zero-order chi connectivity index (χ0) is 8.62. The van der Waals surface area contributed by atoms with E-state index in [1.165, 1.54) is 0 Å². The summed E-state index contributed by atoms with van der Waals surface area (Å²) in [6.45, 7) is 9.58. The van der Waals surface area contributed by atoms with Crippen molar-refractivity contribution in [1.82, 2.24) is 4.72 Å². The average Bonchev–Trinajstić information content (AvgIpc) is 2.07. The molecule has 0 aliphatic heterocycles. The van der Waals surface area contributed by atoms with E-state index in [-0.39, 0.29) is 28.5 Å². The molecule has 0 aliphatic carbocycles. The largest absolute Gasteiger partial charge is 2.00 e. The maximum atomic E-state index is 9.35. The Kier molecular flexibility index (Phi) is 27.9. The van der Waals surface area contributed by atoms with Crippen molar-refractivity contribution in [1.29, 1.82) is 0 Å². The molecule has 4 heteroatoms. The van der Waals surface area contributed by atoms with Crippen LogP contribution in [0.1, 0.15) is 20.8 Å². The summed E-state index contributed by atoms with van der Waals surface area (Å²) in [6, 6.07) is 0. The van der Waals surface area contributed by atoms with Crippen LogP contribution in [0.2, 0.25) is 0 Å². The van der Waals surface area contributed by atoms with Crippen molar-refractivity contribution in [3.63, 3.8) is 0 Å². The van der Waals surface area contributed by atoms with E-state index in [4.69, 9.17) is 0 Å². The van der Waals surface area contributed by atoms with Gasteiger partial charge in [-0.2, -0.15) is 0 Å². The van der Waals surface area contributed by atoms with Crippen molar-refractivity contribution in [3.05, 3.63) is 14.4 Å². The molecule has 78 valence electrons. The molecule has 0 aromatic carbocycles. The van der Waals surface area contributed by atoms with Crippen LogP contribution in [0, 0.1) is 14.4 Å². The van der Waals surface area contributed by atoms with E-state index < -0.39 is 10.5 Å². The molecular formula is C8H23NOSW. The summed E-state index contributed by atoms with van der Waals surface area (Å²) in [6.07, 6.45) is 0. The summed E-state index contributed by atoms with van der Waals surface area (Å²) in [5.74, 6) is 1.38. The Balaban J connectivity index is -0.0000000740. The van der Waals surface area contributed by atoms with Crippen molar-refractivity contribution in [3.8, 4) is 0 Å². The second-order valence-electron chi connectivity index (χ2n) is 1.54. The first kappa shape index (κ1) is 23.1. The molecule has 0 saturated carbocycles. The molecule has 2 N–H and O–H groups in total. The topological polar surface area (TPSA) is 32.3 Å². The second kappa shape index (κ2) is 14.5. The van der Waals surface area contributed by atoms with E-state index >= 15 is 0 Å². The van der Waals surface area contributed by atoms with Gasteiger partial charge < -0.3 is 18.9 Å². The maximum Gasteiger partial charge on any atom is 2.00 e. The van der Waals surface area contributed by atoms with E-state index in [0.29, 0.717) is 5.75 Å². The van der Waals surface area contributed by atoms with Gasteiger partial charge in [-0.15, -0.1) is 16.2 Å². The van der Waals surface area contributed by atoms with Crippen molar-refractivity contribution in [2.45, 2.75) is 20.8 Å². The molecule has 2 nitrogen and oxygen atoms in total. The predicted octanol–water partition coefficient (Wildman–Crippen LogP) is 2.73. The fourth-order valence-electron chi connectivity index (χ4n) is 0.391. The van der Waals surface area contributed by atoms with Gasteiger partial charge in [-0.3, -0.25) is 4.72 Å². The Morgan fingerprint density at radius 1 is 1.42 bits per heavy atom. The second-order valence-corrected chi connectivity index (χ2v) is 4.62. The van der Waals surface area contributed by atoms with Crippen LogP contribution in [0.15, 0.2) is 0 Å². The fourth-order valence-corrected chi connectivity index (χ4v) is 1.17. The van der Waals surface area contributed by atoms with Crippen LogP contribution in [-0.4, -0.2) is 23.1 Å². The average molecular weight is 365 g/mol. The summed E-state index contributed by atoms with van der Waals surface area (Å²) in [4.78, 5) is 0. The first-order valence-corrected chi connectivity index (χ1v) is 5.60. The number of hydrogen-bond donors (Lipinski definition) is 2. The number of hydrogen-bond acceptors (Lipinski definition) is 2. The number of rotatable bonds is 3. The zero-order valence-electron chi connectivity index (χ0n) is 8.89. The third kappa shape index (κ3) is 11.0. The van der Waals surface area contributed by atoms with Crippen LogP contribution in [0.4, 0.5) is 0 Å². The first-order valence-electron chi connectivity index (χ1n) is 3.67. The van der Waals surface area contributed by atoms with Gasteiger partial charge in [0.05, 0.1) is 0 Å². The summed E-state index contributed by atoms with van der Waals surface area (Å²) >= 11 is 0. The van der Waals surface area contributed by atoms with Crippen molar-refractivity contribution in [2.75, 3.05) is 18.6 Å². The van der Waals surface area contributed by atoms with E-state index in [1.54, 1.807) is 7.05 Å². The molecule has 0 aromatic heterocycles. The SMILES string of the molecule is CC.[CH2-]CS(O)(CC)NC.[CH3-].[W+2]. The van der Waals surface area contributed by atoms with Gasteiger partial charge in [0, 0.05) is 5.75 Å². The predicted molar refractivity (Wildman–Crippen MR) is 57.8 cm³/mol. The molecule has 1 atom stereocenters. The summed E-state index contributed by atoms with van der Waals surface area (Å²) in [5.41, 5.74) is 0. The molecule has 0 fully saturated rings. The molecule has 1 unspecified atom stereocenters. The molecule has 0 aliphatic rings. The molecule has 0 spiro atoms. The Labute approximate surface area is 94.4 Å². The molecule has 12 heavy (non-hydrogen) atoms. The third-order valence-electron chi connectivity index (χ3n) is 1.20. The fraction of sp³-hybridized carbons (Fsp3) is 0.750. The molecule has 0 bridgehead atoms. The summed E-state index contributed by atoms with van der Waals surface area (Å²) < 4.78 is 12.2. The van der Waals surface area contributed by atoms with Gasteiger partial charge >= 0.3 is 21.1 Å². The van der Waals surface area contributed by atoms with Gasteiger partial charge in [-0.1, -0.05) is 20.8 Å². The summed E-state index contributed by atoms with van der Waals surface area (Å²) in [7, 11) is 0.254. The quantitative estimate of drug-likeness (QED) is 0.754. The smallest absolute Gasteiger partial charge is 0.358 e. The molecule has 0 aromatic rings. The molecular weight excluding hydrogens is 342 g/mol. The van der Waals surface area contributed by atoms with Gasteiger partial charge in [0.15, 0.2) is 0 Å². The normalized spacial score (nSPS) is 15.2. The Bertz CT molecular complexity index is 61.8. The minimum Gasteiger partial charge on any atom is -0.358 e. The Hall–Kier alpha value is 0.958. The van der Waals surface area contributed by atoms with Gasteiger partial charge in [-0.05, 0) is 7.05 Å². The molecule has 0 amide bonds. The van der Waals surface area contributed by atoms with Gasteiger partial charge in [0.2, 0.25) is 0 Å². The van der Waals surface area contributed by atoms with Crippen LogP contribution < -0.4 is 4.72 Å². The van der Waals surface area contributed by atoms with Gasteiger partial charge in [0.1, 0.15) is 0 Å². The van der Waals surface area contributed by atoms with Crippen LogP contribution in [0.25, 0.3) is 0 Å². The van der Waals surface area contributed by atoms with Crippen LogP contribution in [0.3, 0.4) is 0 Å². The van der Waals surface area contributed by atoms with Crippen LogP contribution in [-0.2, 0) is 21.1 Å². The zero-order valence-corrected chi connectivity index (χ0v) is 12.6. The minimum atomic E-state index is -1.51. The Morgan fingerprint density at radius 3 is 1.75 bits per heavy atom. The van der Waals surface area contributed by atoms with E-state index in [2.05, 4.69) is 11.6 Å². The standard InChI is InChI=1S/C5H14NOS.C2H6.CH3.W/c1-4-8(7,5-2)6-3;1-2;;/h6-7H,1,4-5H2,2-3H3;1-2H3;1H3;/q-1;;-1;+2. The van der Waals surface area contributed by atoms with Crippen LogP contribution in [0.5, 0.6) is 0 Å². The van der Waals surface area contributed by atoms with Crippen molar-refractivity contribution >= 4 is 10.5 Å². The minimum absolute atomic E-state index is 0. The van der Waals surface area contributed by atoms with E-state index in [0.717, 1.165) is 5.75 Å². The maximum absolute atomic E-state index is 9.35. The van der Waals surface area contributed by atoms with Crippen molar-refractivity contribution < 1.29 is 25.6 Å². The van der Waals surface area contributed by atoms with E-state index in [1.807, 2.05) is 20.8 Å². The Morgan fingerprint density at radius 2 is 1.75 bits per heavy atom. The molecule has 0 saturated heterocycles. The summed E-state index contributed by atoms with van der Waals surface area (Å²) in [5, 5.41) is 0. The monoisotopic (exact) mass is 365 g/mol. The number of nitrogens with one attached hydrogen (secondary N) is 1.